The van der Waals surface area contributed by atoms with Crippen LogP contribution in [0.2, 0.25) is 0 Å². The van der Waals surface area contributed by atoms with Crippen molar-refractivity contribution < 1.29 is 41.0 Å². The van der Waals surface area contributed by atoms with Crippen LogP contribution in [0.4, 0.5) is 26.3 Å². The SMILES string of the molecule is CN(C)C(=O)c1cn(CC(=O)O)cc1-c1cc(C(F)(F)F)cc(C(F)(F)F)c1. The minimum atomic E-state index is -5.05. The van der Waals surface area contributed by atoms with Gasteiger partial charge in [0.1, 0.15) is 6.54 Å². The molecule has 0 radical (unpaired) electrons. The minimum absolute atomic E-state index is 0.0226. The lowest BCUT2D eigenvalue weighted by Crippen LogP contribution is -2.22. The Morgan fingerprint density at radius 3 is 1.86 bits per heavy atom. The summed E-state index contributed by atoms with van der Waals surface area (Å²) in [6.07, 6.45) is -8.00. The van der Waals surface area contributed by atoms with Gasteiger partial charge in [-0.1, -0.05) is 0 Å². The summed E-state index contributed by atoms with van der Waals surface area (Å²) in [6, 6.07) is 0.954. The summed E-state index contributed by atoms with van der Waals surface area (Å²) >= 11 is 0. The molecule has 0 saturated carbocycles. The van der Waals surface area contributed by atoms with Crippen LogP contribution in [0.25, 0.3) is 11.1 Å². The van der Waals surface area contributed by atoms with Crippen LogP contribution in [0.1, 0.15) is 21.5 Å². The molecule has 1 heterocycles. The Balaban J connectivity index is 2.76. The number of nitrogens with zero attached hydrogens (tertiary/aromatic N) is 2. The van der Waals surface area contributed by atoms with Crippen molar-refractivity contribution in [1.82, 2.24) is 9.47 Å². The van der Waals surface area contributed by atoms with E-state index in [0.717, 1.165) is 21.9 Å². The highest BCUT2D eigenvalue weighted by Crippen LogP contribution is 2.39. The maximum atomic E-state index is 13.1. The quantitative estimate of drug-likeness (QED) is 0.779. The van der Waals surface area contributed by atoms with E-state index in [1.54, 1.807) is 0 Å². The van der Waals surface area contributed by atoms with Crippen LogP contribution in [-0.4, -0.2) is 40.5 Å². The van der Waals surface area contributed by atoms with Crippen LogP contribution < -0.4 is 0 Å². The van der Waals surface area contributed by atoms with Crippen molar-refractivity contribution in [3.8, 4) is 11.1 Å². The van der Waals surface area contributed by atoms with Gasteiger partial charge >= 0.3 is 18.3 Å². The van der Waals surface area contributed by atoms with Crippen LogP contribution in [0.15, 0.2) is 30.6 Å². The fourth-order valence-electron chi connectivity index (χ4n) is 2.51. The monoisotopic (exact) mass is 408 g/mol. The second-order valence-electron chi connectivity index (χ2n) is 6.15. The molecule has 1 amide bonds. The molecular weight excluding hydrogens is 394 g/mol. The smallest absolute Gasteiger partial charge is 0.416 e. The van der Waals surface area contributed by atoms with E-state index in [1.807, 2.05) is 0 Å². The number of benzene rings is 1. The third kappa shape index (κ3) is 4.65. The van der Waals surface area contributed by atoms with Gasteiger partial charge in [-0.25, -0.2) is 0 Å². The van der Waals surface area contributed by atoms with Gasteiger partial charge < -0.3 is 14.6 Å². The number of aliphatic carboxylic acids is 1. The zero-order valence-electron chi connectivity index (χ0n) is 14.5. The lowest BCUT2D eigenvalue weighted by atomic mass is 9.98. The van der Waals surface area contributed by atoms with Gasteiger partial charge in [-0.3, -0.25) is 9.59 Å². The van der Waals surface area contributed by atoms with E-state index in [1.165, 1.54) is 14.1 Å². The Labute approximate surface area is 154 Å². The molecule has 11 heteroatoms. The van der Waals surface area contributed by atoms with E-state index in [2.05, 4.69) is 0 Å². The number of rotatable bonds is 4. The molecule has 0 fully saturated rings. The maximum absolute atomic E-state index is 13.1. The maximum Gasteiger partial charge on any atom is 0.416 e. The first kappa shape index (κ1) is 21.3. The molecule has 5 nitrogen and oxygen atoms in total. The second kappa shape index (κ2) is 7.21. The summed E-state index contributed by atoms with van der Waals surface area (Å²) in [5.41, 5.74) is -4.04. The van der Waals surface area contributed by atoms with E-state index in [-0.39, 0.29) is 17.2 Å². The molecule has 0 bridgehead atoms. The topological polar surface area (TPSA) is 62.5 Å². The molecule has 0 atom stereocenters. The van der Waals surface area contributed by atoms with Gasteiger partial charge in [0, 0.05) is 32.1 Å². The van der Waals surface area contributed by atoms with Crippen LogP contribution in [0, 0.1) is 0 Å². The Hall–Kier alpha value is -2.98. The standard InChI is InChI=1S/C17H14F6N2O3/c1-24(2)15(28)13-7-25(8-14(26)27)6-12(13)9-3-10(16(18,19)20)5-11(4-9)17(21,22)23/h3-7H,8H2,1-2H3,(H,26,27). The second-order valence-corrected chi connectivity index (χ2v) is 6.15. The molecule has 1 aromatic carbocycles. The first-order valence-corrected chi connectivity index (χ1v) is 7.63. The summed E-state index contributed by atoms with van der Waals surface area (Å²) in [4.78, 5) is 24.3. The summed E-state index contributed by atoms with van der Waals surface area (Å²) in [5.74, 6) is -2.00. The third-order valence-corrected chi connectivity index (χ3v) is 3.73. The number of carbonyl (C=O) groups is 2. The van der Waals surface area contributed by atoms with Gasteiger partial charge in [0.2, 0.25) is 0 Å². The molecule has 0 aliphatic rings. The Bertz CT molecular complexity index is 880. The zero-order chi connectivity index (χ0) is 21.4. The Kier molecular flexibility index (Phi) is 5.49. The van der Waals surface area contributed by atoms with E-state index < -0.39 is 47.5 Å². The summed E-state index contributed by atoms with van der Waals surface area (Å²) in [6.45, 7) is -0.626. The van der Waals surface area contributed by atoms with Crippen LogP contribution in [0.3, 0.4) is 0 Å². The molecule has 2 aromatic rings. The molecule has 0 unspecified atom stereocenters. The van der Waals surface area contributed by atoms with E-state index in [0.29, 0.717) is 12.1 Å². The van der Waals surface area contributed by atoms with Crippen LogP contribution >= 0.6 is 0 Å². The highest BCUT2D eigenvalue weighted by atomic mass is 19.4. The number of halogens is 6. The highest BCUT2D eigenvalue weighted by Gasteiger charge is 2.37. The molecule has 0 aliphatic heterocycles. The minimum Gasteiger partial charge on any atom is -0.480 e. The van der Waals surface area contributed by atoms with E-state index in [9.17, 15) is 35.9 Å². The number of aromatic nitrogens is 1. The number of carbonyl (C=O) groups excluding carboxylic acids is 1. The molecular formula is C17H14F6N2O3. The fraction of sp³-hybridized carbons (Fsp3) is 0.294. The number of amides is 1. The molecule has 28 heavy (non-hydrogen) atoms. The van der Waals surface area contributed by atoms with E-state index in [4.69, 9.17) is 5.11 Å². The van der Waals surface area contributed by atoms with Gasteiger partial charge in [0.25, 0.3) is 5.91 Å². The first-order valence-electron chi connectivity index (χ1n) is 7.63. The summed E-state index contributed by atoms with van der Waals surface area (Å²) < 4.78 is 79.5. The van der Waals surface area contributed by atoms with Crippen molar-refractivity contribution in [2.45, 2.75) is 18.9 Å². The van der Waals surface area contributed by atoms with Crippen molar-refractivity contribution in [3.05, 3.63) is 47.3 Å². The van der Waals surface area contributed by atoms with Crippen molar-refractivity contribution in [3.63, 3.8) is 0 Å². The number of hydrogen-bond acceptors (Lipinski definition) is 2. The highest BCUT2D eigenvalue weighted by molar-refractivity contribution is 6.00. The van der Waals surface area contributed by atoms with Gasteiger partial charge in [0.15, 0.2) is 0 Å². The lowest BCUT2D eigenvalue weighted by molar-refractivity contribution is -0.143. The normalized spacial score (nSPS) is 12.1. The molecule has 1 N–H and O–H groups in total. The summed E-state index contributed by atoms with van der Waals surface area (Å²) in [7, 11) is 2.68. The van der Waals surface area contributed by atoms with Crippen molar-refractivity contribution >= 4 is 11.9 Å². The molecule has 1 aromatic heterocycles. The summed E-state index contributed by atoms with van der Waals surface area (Å²) in [5, 5.41) is 8.87. The molecule has 0 aliphatic carbocycles. The Morgan fingerprint density at radius 1 is 0.964 bits per heavy atom. The van der Waals surface area contributed by atoms with Crippen LogP contribution in [-0.2, 0) is 23.7 Å². The van der Waals surface area contributed by atoms with Gasteiger partial charge in [0.05, 0.1) is 16.7 Å². The largest absolute Gasteiger partial charge is 0.480 e. The molecule has 0 spiro atoms. The molecule has 2 rings (SSSR count). The van der Waals surface area contributed by atoms with Gasteiger partial charge in [-0.15, -0.1) is 0 Å². The first-order chi connectivity index (χ1) is 12.7. The number of carboxylic acid groups (broad SMARTS) is 1. The zero-order valence-corrected chi connectivity index (χ0v) is 14.5. The average molecular weight is 408 g/mol. The number of alkyl halides is 6. The molecule has 152 valence electrons. The predicted octanol–water partition coefficient (Wildman–Crippen LogP) is 3.98. The number of hydrogen-bond donors (Lipinski definition) is 1. The van der Waals surface area contributed by atoms with Crippen molar-refractivity contribution in [2.24, 2.45) is 0 Å². The fourth-order valence-corrected chi connectivity index (χ4v) is 2.51. The third-order valence-electron chi connectivity index (χ3n) is 3.73. The average Bonchev–Trinajstić information content (AvgIpc) is 2.94. The lowest BCUT2D eigenvalue weighted by Gasteiger charge is -2.15. The number of carboxylic acids is 1. The van der Waals surface area contributed by atoms with Crippen molar-refractivity contribution in [1.29, 1.82) is 0 Å². The van der Waals surface area contributed by atoms with E-state index >= 15 is 0 Å². The van der Waals surface area contributed by atoms with Gasteiger partial charge in [-0.2, -0.15) is 26.3 Å². The van der Waals surface area contributed by atoms with Crippen LogP contribution in [0.5, 0.6) is 0 Å². The van der Waals surface area contributed by atoms with Crippen molar-refractivity contribution in [2.75, 3.05) is 14.1 Å². The predicted molar refractivity (Wildman–Crippen MR) is 85.5 cm³/mol. The Morgan fingerprint density at radius 2 is 1.46 bits per heavy atom. The molecule has 0 saturated heterocycles. The van der Waals surface area contributed by atoms with Gasteiger partial charge in [-0.05, 0) is 23.8 Å².